The highest BCUT2D eigenvalue weighted by molar-refractivity contribution is 7.80. The molecule has 1 aliphatic carbocycles. The summed E-state index contributed by atoms with van der Waals surface area (Å²) >= 11 is 4.94. The van der Waals surface area contributed by atoms with Gasteiger partial charge >= 0.3 is 0 Å². The largest absolute Gasteiger partial charge is 0.392 e. The molecule has 0 heterocycles. The second-order valence-electron chi connectivity index (χ2n) is 5.57. The molecule has 0 aromatic carbocycles. The summed E-state index contributed by atoms with van der Waals surface area (Å²) in [5.41, 5.74) is 5.59. The molecule has 1 saturated carbocycles. The Kier molecular flexibility index (Phi) is 6.61. The summed E-state index contributed by atoms with van der Waals surface area (Å²) in [6.45, 7) is 4.47. The Morgan fingerprint density at radius 1 is 1.22 bits per heavy atom. The molecule has 104 valence electrons. The first-order valence-corrected chi connectivity index (χ1v) is 7.52. The van der Waals surface area contributed by atoms with E-state index in [1.807, 2.05) is 18.7 Å². The van der Waals surface area contributed by atoms with Crippen molar-refractivity contribution in [2.75, 3.05) is 6.54 Å². The van der Waals surface area contributed by atoms with Gasteiger partial charge in [-0.25, -0.2) is 0 Å². The van der Waals surface area contributed by atoms with Crippen molar-refractivity contribution in [2.24, 2.45) is 11.7 Å². The zero-order chi connectivity index (χ0) is 13.5. The number of hydrogen-bond donors (Lipinski definition) is 1. The van der Waals surface area contributed by atoms with Crippen LogP contribution in [0.15, 0.2) is 0 Å². The minimum atomic E-state index is 0.171. The van der Waals surface area contributed by atoms with E-state index in [0.717, 1.165) is 12.8 Å². The maximum absolute atomic E-state index is 12.6. The predicted octanol–water partition coefficient (Wildman–Crippen LogP) is 2.87. The molecule has 0 aromatic heterocycles. The minimum Gasteiger partial charge on any atom is -0.392 e. The zero-order valence-electron chi connectivity index (χ0n) is 11.7. The molecule has 0 unspecified atom stereocenters. The number of hydrogen-bond acceptors (Lipinski definition) is 2. The van der Waals surface area contributed by atoms with Crippen molar-refractivity contribution >= 4 is 23.1 Å². The third kappa shape index (κ3) is 4.92. The quantitative estimate of drug-likeness (QED) is 0.799. The van der Waals surface area contributed by atoms with Crippen molar-refractivity contribution in [3.8, 4) is 0 Å². The van der Waals surface area contributed by atoms with E-state index in [9.17, 15) is 4.79 Å². The van der Waals surface area contributed by atoms with Gasteiger partial charge in [0, 0.05) is 12.0 Å². The first-order chi connectivity index (χ1) is 8.52. The lowest BCUT2D eigenvalue weighted by Gasteiger charge is -2.31. The van der Waals surface area contributed by atoms with E-state index in [2.05, 4.69) is 0 Å². The highest BCUT2D eigenvalue weighted by atomic mass is 32.1. The zero-order valence-corrected chi connectivity index (χ0v) is 12.5. The number of carbonyl (C=O) groups excluding carboxylic acids is 1. The average Bonchev–Trinajstić information content (AvgIpc) is 2.24. The molecular weight excluding hydrogens is 244 g/mol. The monoisotopic (exact) mass is 270 g/mol. The number of rotatable bonds is 4. The standard InChI is InChI=1S/C14H26N2OS/c1-11(2)16(10-13(15)18)14(17)12-8-6-4-3-5-7-9-12/h11-12H,3-10H2,1-2H3,(H2,15,18). The van der Waals surface area contributed by atoms with Gasteiger partial charge in [0.05, 0.1) is 11.5 Å². The van der Waals surface area contributed by atoms with Crippen LogP contribution in [0.3, 0.4) is 0 Å². The van der Waals surface area contributed by atoms with E-state index in [4.69, 9.17) is 18.0 Å². The van der Waals surface area contributed by atoms with Crippen LogP contribution in [0, 0.1) is 5.92 Å². The SMILES string of the molecule is CC(C)N(CC(N)=S)C(=O)C1CCCCCCC1. The Morgan fingerprint density at radius 2 is 1.72 bits per heavy atom. The summed E-state index contributed by atoms with van der Waals surface area (Å²) < 4.78 is 0. The summed E-state index contributed by atoms with van der Waals surface area (Å²) in [6.07, 6.45) is 8.26. The fourth-order valence-corrected chi connectivity index (χ4v) is 2.76. The van der Waals surface area contributed by atoms with Gasteiger partial charge < -0.3 is 10.6 Å². The molecular formula is C14H26N2OS. The summed E-state index contributed by atoms with van der Waals surface area (Å²) in [7, 11) is 0. The van der Waals surface area contributed by atoms with Crippen molar-refractivity contribution in [1.82, 2.24) is 4.90 Å². The van der Waals surface area contributed by atoms with Gasteiger partial charge in [-0.3, -0.25) is 4.79 Å². The van der Waals surface area contributed by atoms with E-state index in [0.29, 0.717) is 11.5 Å². The Morgan fingerprint density at radius 3 is 2.17 bits per heavy atom. The van der Waals surface area contributed by atoms with Gasteiger partial charge in [-0.15, -0.1) is 0 Å². The van der Waals surface area contributed by atoms with Crippen LogP contribution in [0.5, 0.6) is 0 Å². The minimum absolute atomic E-state index is 0.171. The van der Waals surface area contributed by atoms with Crippen LogP contribution in [0.1, 0.15) is 58.8 Å². The van der Waals surface area contributed by atoms with Gasteiger partial charge in [0.15, 0.2) is 0 Å². The number of thiocarbonyl (C=S) groups is 1. The summed E-state index contributed by atoms with van der Waals surface area (Å²) in [5, 5.41) is 0. The summed E-state index contributed by atoms with van der Waals surface area (Å²) in [5.74, 6) is 0.432. The highest BCUT2D eigenvalue weighted by Gasteiger charge is 2.26. The smallest absolute Gasteiger partial charge is 0.226 e. The van der Waals surface area contributed by atoms with E-state index in [1.165, 1.54) is 32.1 Å². The van der Waals surface area contributed by atoms with E-state index in [1.54, 1.807) is 0 Å². The molecule has 0 bridgehead atoms. The molecule has 3 nitrogen and oxygen atoms in total. The van der Waals surface area contributed by atoms with Gasteiger partial charge in [0.2, 0.25) is 5.91 Å². The third-order valence-electron chi connectivity index (χ3n) is 3.69. The first kappa shape index (κ1) is 15.4. The van der Waals surface area contributed by atoms with Crippen molar-refractivity contribution in [3.05, 3.63) is 0 Å². The lowest BCUT2D eigenvalue weighted by atomic mass is 9.90. The number of carbonyl (C=O) groups is 1. The van der Waals surface area contributed by atoms with Crippen LogP contribution < -0.4 is 5.73 Å². The highest BCUT2D eigenvalue weighted by Crippen LogP contribution is 2.24. The topological polar surface area (TPSA) is 46.3 Å². The molecule has 1 amide bonds. The third-order valence-corrected chi connectivity index (χ3v) is 3.82. The van der Waals surface area contributed by atoms with Gasteiger partial charge in [-0.1, -0.05) is 44.3 Å². The van der Waals surface area contributed by atoms with Crippen LogP contribution >= 0.6 is 12.2 Å². The normalized spacial score (nSPS) is 18.2. The average molecular weight is 270 g/mol. The molecule has 1 rings (SSSR count). The molecule has 0 spiro atoms. The molecule has 0 saturated heterocycles. The van der Waals surface area contributed by atoms with Gasteiger partial charge in [0.25, 0.3) is 0 Å². The fraction of sp³-hybridized carbons (Fsp3) is 0.857. The Balaban J connectivity index is 2.64. The molecule has 0 aliphatic heterocycles. The summed E-state index contributed by atoms with van der Waals surface area (Å²) in [4.78, 5) is 14.8. The molecule has 0 atom stereocenters. The van der Waals surface area contributed by atoms with Crippen LogP contribution in [-0.4, -0.2) is 28.4 Å². The van der Waals surface area contributed by atoms with Gasteiger partial charge in [0.1, 0.15) is 0 Å². The molecule has 1 aliphatic rings. The Bertz CT molecular complexity index is 284. The molecule has 4 heteroatoms. The maximum Gasteiger partial charge on any atom is 0.226 e. The molecule has 0 radical (unpaired) electrons. The van der Waals surface area contributed by atoms with Gasteiger partial charge in [-0.05, 0) is 26.7 Å². The van der Waals surface area contributed by atoms with Crippen LogP contribution in [0.25, 0.3) is 0 Å². The molecule has 18 heavy (non-hydrogen) atoms. The first-order valence-electron chi connectivity index (χ1n) is 7.11. The van der Waals surface area contributed by atoms with E-state index < -0.39 is 0 Å². The molecule has 2 N–H and O–H groups in total. The molecule has 1 fully saturated rings. The number of nitrogens with zero attached hydrogens (tertiary/aromatic N) is 1. The van der Waals surface area contributed by atoms with Crippen molar-refractivity contribution in [1.29, 1.82) is 0 Å². The number of nitrogens with two attached hydrogens (primary N) is 1. The maximum atomic E-state index is 12.6. The predicted molar refractivity (Wildman–Crippen MR) is 79.4 cm³/mol. The van der Waals surface area contributed by atoms with Crippen molar-refractivity contribution in [2.45, 2.75) is 64.8 Å². The summed E-state index contributed by atoms with van der Waals surface area (Å²) in [6, 6.07) is 0.171. The van der Waals surface area contributed by atoms with Crippen molar-refractivity contribution in [3.63, 3.8) is 0 Å². The van der Waals surface area contributed by atoms with E-state index in [-0.39, 0.29) is 17.9 Å². The number of amides is 1. The second-order valence-corrected chi connectivity index (χ2v) is 6.09. The molecule has 0 aromatic rings. The lowest BCUT2D eigenvalue weighted by Crippen LogP contribution is -2.45. The Labute approximate surface area is 116 Å². The van der Waals surface area contributed by atoms with E-state index >= 15 is 0 Å². The van der Waals surface area contributed by atoms with Crippen LogP contribution in [-0.2, 0) is 4.79 Å². The Hall–Kier alpha value is -0.640. The second kappa shape index (κ2) is 7.72. The van der Waals surface area contributed by atoms with Crippen LogP contribution in [0.2, 0.25) is 0 Å². The van der Waals surface area contributed by atoms with Crippen molar-refractivity contribution < 1.29 is 4.79 Å². The van der Waals surface area contributed by atoms with Gasteiger partial charge in [-0.2, -0.15) is 0 Å². The van der Waals surface area contributed by atoms with Crippen LogP contribution in [0.4, 0.5) is 0 Å². The lowest BCUT2D eigenvalue weighted by molar-refractivity contribution is -0.137. The fourth-order valence-electron chi connectivity index (χ4n) is 2.62.